The molecule has 0 aliphatic rings. The molecule has 0 atom stereocenters. The van der Waals surface area contributed by atoms with Crippen LogP contribution in [0.1, 0.15) is 11.3 Å². The molecule has 6 nitrogen and oxygen atoms in total. The Hall–Kier alpha value is -2.38. The molecular formula is C15H14ClN5OS. The molecule has 0 radical (unpaired) electrons. The summed E-state index contributed by atoms with van der Waals surface area (Å²) in [6.07, 6.45) is 3.26. The van der Waals surface area contributed by atoms with Gasteiger partial charge in [0.1, 0.15) is 12.1 Å². The largest absolute Gasteiger partial charge is 0.467 e. The summed E-state index contributed by atoms with van der Waals surface area (Å²) in [5.41, 5.74) is 1.09. The smallest absolute Gasteiger partial charge is 0.248 e. The highest BCUT2D eigenvalue weighted by Gasteiger charge is 2.05. The maximum absolute atomic E-state index is 5.87. The molecule has 0 unspecified atom stereocenters. The van der Waals surface area contributed by atoms with Crippen LogP contribution in [0, 0.1) is 0 Å². The predicted molar refractivity (Wildman–Crippen MR) is 92.3 cm³/mol. The first-order valence-corrected chi connectivity index (χ1v) is 7.69. The van der Waals surface area contributed by atoms with E-state index in [-0.39, 0.29) is 0 Å². The number of nitrogens with one attached hydrogen (secondary N) is 2. The molecule has 118 valence electrons. The second kappa shape index (κ2) is 7.26. The first-order chi connectivity index (χ1) is 11.2. The highest BCUT2D eigenvalue weighted by atomic mass is 35.5. The van der Waals surface area contributed by atoms with Gasteiger partial charge in [0.05, 0.1) is 19.4 Å². The number of nitrogens with zero attached hydrogens (tertiary/aromatic N) is 3. The van der Waals surface area contributed by atoms with Gasteiger partial charge < -0.3 is 9.73 Å². The zero-order valence-corrected chi connectivity index (χ0v) is 13.6. The fraction of sp³-hybridized carbons (Fsp3) is 0.133. The standard InChI is InChI=1S/C15H14ClN5OS/c16-12-5-3-11(4-6-12)9-21-10-18-14(20-21)19-15(23)17-8-13-2-1-7-22-13/h1-7,10H,8-9H2,(H2,17,19,20,23). The Balaban J connectivity index is 1.52. The molecule has 2 heterocycles. The van der Waals surface area contributed by atoms with Gasteiger partial charge in [-0.15, -0.1) is 5.10 Å². The lowest BCUT2D eigenvalue weighted by Gasteiger charge is -2.06. The molecule has 2 N–H and O–H groups in total. The lowest BCUT2D eigenvalue weighted by Crippen LogP contribution is -2.28. The third-order valence-corrected chi connectivity index (χ3v) is 3.52. The van der Waals surface area contributed by atoms with Crippen molar-refractivity contribution in [1.82, 2.24) is 20.1 Å². The van der Waals surface area contributed by atoms with Crippen LogP contribution in [0.25, 0.3) is 0 Å². The van der Waals surface area contributed by atoms with Crippen molar-refractivity contribution in [3.05, 3.63) is 65.3 Å². The third-order valence-electron chi connectivity index (χ3n) is 3.02. The molecule has 3 aromatic rings. The number of benzene rings is 1. The van der Waals surface area contributed by atoms with Crippen LogP contribution in [-0.2, 0) is 13.1 Å². The Kier molecular flexibility index (Phi) is 4.89. The number of hydrogen-bond donors (Lipinski definition) is 2. The zero-order chi connectivity index (χ0) is 16.1. The SMILES string of the molecule is S=C(NCc1ccco1)Nc1ncn(Cc2ccc(Cl)cc2)n1. The number of hydrogen-bond acceptors (Lipinski definition) is 4. The fourth-order valence-corrected chi connectivity index (χ4v) is 2.22. The molecule has 1 aromatic carbocycles. The monoisotopic (exact) mass is 347 g/mol. The molecule has 0 bridgehead atoms. The molecule has 0 fully saturated rings. The quantitative estimate of drug-likeness (QED) is 0.691. The van der Waals surface area contributed by atoms with Gasteiger partial charge in [-0.2, -0.15) is 0 Å². The van der Waals surface area contributed by atoms with Crippen LogP contribution in [0.4, 0.5) is 5.95 Å². The molecule has 8 heteroatoms. The normalized spacial score (nSPS) is 10.5. The highest BCUT2D eigenvalue weighted by molar-refractivity contribution is 7.80. The second-order valence-corrected chi connectivity index (χ2v) is 5.62. The van der Waals surface area contributed by atoms with Gasteiger partial charge in [-0.1, -0.05) is 23.7 Å². The highest BCUT2D eigenvalue weighted by Crippen LogP contribution is 2.10. The van der Waals surface area contributed by atoms with E-state index in [4.69, 9.17) is 28.2 Å². The van der Waals surface area contributed by atoms with Gasteiger partial charge in [-0.3, -0.25) is 5.32 Å². The van der Waals surface area contributed by atoms with E-state index in [0.29, 0.717) is 29.2 Å². The average molecular weight is 348 g/mol. The van der Waals surface area contributed by atoms with Crippen LogP contribution < -0.4 is 10.6 Å². The van der Waals surface area contributed by atoms with E-state index in [9.17, 15) is 0 Å². The van der Waals surface area contributed by atoms with Crippen molar-refractivity contribution < 1.29 is 4.42 Å². The van der Waals surface area contributed by atoms with Crippen molar-refractivity contribution in [3.63, 3.8) is 0 Å². The van der Waals surface area contributed by atoms with Gasteiger partial charge in [0.15, 0.2) is 5.11 Å². The number of furan rings is 1. The topological polar surface area (TPSA) is 67.9 Å². The van der Waals surface area contributed by atoms with Gasteiger partial charge in [-0.05, 0) is 42.0 Å². The number of anilines is 1. The lowest BCUT2D eigenvalue weighted by molar-refractivity contribution is 0.503. The molecule has 0 aliphatic heterocycles. The van der Waals surface area contributed by atoms with Crippen LogP contribution in [-0.4, -0.2) is 19.9 Å². The van der Waals surface area contributed by atoms with Gasteiger partial charge in [0.2, 0.25) is 5.95 Å². The molecule has 0 spiro atoms. The van der Waals surface area contributed by atoms with Crippen molar-refractivity contribution in [1.29, 1.82) is 0 Å². The zero-order valence-electron chi connectivity index (χ0n) is 12.1. The van der Waals surface area contributed by atoms with Gasteiger partial charge in [0.25, 0.3) is 0 Å². The molecule has 0 amide bonds. The first kappa shape index (κ1) is 15.5. The Labute approximate surface area is 143 Å². The summed E-state index contributed by atoms with van der Waals surface area (Å²) in [7, 11) is 0. The van der Waals surface area contributed by atoms with Gasteiger partial charge >= 0.3 is 0 Å². The summed E-state index contributed by atoms with van der Waals surface area (Å²) < 4.78 is 6.94. The minimum atomic E-state index is 0.436. The lowest BCUT2D eigenvalue weighted by atomic mass is 10.2. The minimum absolute atomic E-state index is 0.436. The maximum Gasteiger partial charge on any atom is 0.248 e. The second-order valence-electron chi connectivity index (χ2n) is 4.78. The number of thiocarbonyl (C=S) groups is 1. The summed E-state index contributed by atoms with van der Waals surface area (Å²) in [5, 5.41) is 11.4. The van der Waals surface area contributed by atoms with Crippen LogP contribution in [0.5, 0.6) is 0 Å². The number of halogens is 1. The van der Waals surface area contributed by atoms with E-state index in [1.54, 1.807) is 17.3 Å². The Morgan fingerprint density at radius 3 is 2.83 bits per heavy atom. The third kappa shape index (κ3) is 4.54. The van der Waals surface area contributed by atoms with Crippen molar-refractivity contribution >= 4 is 34.9 Å². The van der Waals surface area contributed by atoms with Crippen molar-refractivity contribution in [3.8, 4) is 0 Å². The number of rotatable bonds is 5. The fourth-order valence-electron chi connectivity index (χ4n) is 1.93. The van der Waals surface area contributed by atoms with Crippen molar-refractivity contribution in [2.24, 2.45) is 0 Å². The summed E-state index contributed by atoms with van der Waals surface area (Å²) >= 11 is 11.1. The van der Waals surface area contributed by atoms with E-state index in [1.165, 1.54) is 0 Å². The summed E-state index contributed by atoms with van der Waals surface area (Å²) in [4.78, 5) is 4.18. The van der Waals surface area contributed by atoms with E-state index in [2.05, 4.69) is 20.7 Å². The van der Waals surface area contributed by atoms with Crippen LogP contribution in [0.2, 0.25) is 5.02 Å². The number of aromatic nitrogens is 3. The van der Waals surface area contributed by atoms with Crippen LogP contribution >= 0.6 is 23.8 Å². The Morgan fingerprint density at radius 1 is 1.26 bits per heavy atom. The summed E-state index contributed by atoms with van der Waals surface area (Å²) in [6, 6.07) is 11.3. The maximum atomic E-state index is 5.87. The summed E-state index contributed by atoms with van der Waals surface area (Å²) in [6.45, 7) is 1.11. The first-order valence-electron chi connectivity index (χ1n) is 6.90. The van der Waals surface area contributed by atoms with Crippen molar-refractivity contribution in [2.75, 3.05) is 5.32 Å². The molecule has 0 saturated carbocycles. The minimum Gasteiger partial charge on any atom is -0.467 e. The Morgan fingerprint density at radius 2 is 2.09 bits per heavy atom. The molecule has 2 aromatic heterocycles. The molecule has 0 aliphatic carbocycles. The van der Waals surface area contributed by atoms with Crippen LogP contribution in [0.3, 0.4) is 0 Å². The Bertz CT molecular complexity index is 770. The van der Waals surface area contributed by atoms with E-state index in [1.807, 2.05) is 36.4 Å². The molecule has 0 saturated heterocycles. The van der Waals surface area contributed by atoms with E-state index in [0.717, 1.165) is 11.3 Å². The molecule has 23 heavy (non-hydrogen) atoms. The van der Waals surface area contributed by atoms with Gasteiger partial charge in [0, 0.05) is 5.02 Å². The molecule has 3 rings (SSSR count). The molecular weight excluding hydrogens is 334 g/mol. The van der Waals surface area contributed by atoms with Crippen LogP contribution in [0.15, 0.2) is 53.4 Å². The predicted octanol–water partition coefficient (Wildman–Crippen LogP) is 3.06. The summed E-state index contributed by atoms with van der Waals surface area (Å²) in [5.74, 6) is 1.24. The van der Waals surface area contributed by atoms with Gasteiger partial charge in [-0.25, -0.2) is 9.67 Å². The van der Waals surface area contributed by atoms with Crippen molar-refractivity contribution in [2.45, 2.75) is 13.1 Å². The van der Waals surface area contributed by atoms with E-state index >= 15 is 0 Å². The van der Waals surface area contributed by atoms with E-state index < -0.39 is 0 Å². The average Bonchev–Trinajstić information content (AvgIpc) is 3.20.